The Hall–Kier alpha value is -1.36. The van der Waals surface area contributed by atoms with Crippen LogP contribution in [0.4, 0.5) is 5.82 Å². The van der Waals surface area contributed by atoms with Gasteiger partial charge in [-0.2, -0.15) is 4.98 Å². The molecule has 1 fully saturated rings. The van der Waals surface area contributed by atoms with Gasteiger partial charge < -0.3 is 15.4 Å². The Morgan fingerprint density at radius 1 is 1.39 bits per heavy atom. The molecule has 2 N–H and O–H groups in total. The maximum atomic E-state index is 5.88. The fourth-order valence-electron chi connectivity index (χ4n) is 2.75. The number of methoxy groups -OCH3 is 1. The first kappa shape index (κ1) is 13.1. The summed E-state index contributed by atoms with van der Waals surface area (Å²) in [6.07, 6.45) is 8.35. The van der Waals surface area contributed by atoms with Gasteiger partial charge in [0.2, 0.25) is 5.88 Å². The van der Waals surface area contributed by atoms with E-state index in [0.717, 1.165) is 12.4 Å². The highest BCUT2D eigenvalue weighted by Gasteiger charge is 2.28. The molecule has 2 unspecified atom stereocenters. The van der Waals surface area contributed by atoms with Crippen LogP contribution in [-0.2, 0) is 0 Å². The maximum absolute atomic E-state index is 5.88. The van der Waals surface area contributed by atoms with Gasteiger partial charge in [0.25, 0.3) is 0 Å². The van der Waals surface area contributed by atoms with Gasteiger partial charge in [0.1, 0.15) is 0 Å². The summed E-state index contributed by atoms with van der Waals surface area (Å²) in [6.45, 7) is 0.742. The average molecular weight is 250 g/mol. The lowest BCUT2D eigenvalue weighted by molar-refractivity contribution is 0.304. The van der Waals surface area contributed by atoms with Crippen LogP contribution in [0.15, 0.2) is 12.4 Å². The van der Waals surface area contributed by atoms with Gasteiger partial charge >= 0.3 is 0 Å². The summed E-state index contributed by atoms with van der Waals surface area (Å²) in [5.74, 6) is 1.97. The molecule has 2 rings (SSSR count). The highest BCUT2D eigenvalue weighted by Crippen LogP contribution is 2.29. The Labute approximate surface area is 108 Å². The molecule has 0 spiro atoms. The molecular weight excluding hydrogens is 228 g/mol. The zero-order chi connectivity index (χ0) is 13.0. The quantitative estimate of drug-likeness (QED) is 0.876. The van der Waals surface area contributed by atoms with Crippen molar-refractivity contribution in [2.75, 3.05) is 25.6 Å². The van der Waals surface area contributed by atoms with Crippen molar-refractivity contribution in [3.63, 3.8) is 0 Å². The van der Waals surface area contributed by atoms with Gasteiger partial charge in [-0.3, -0.25) is 4.98 Å². The minimum Gasteiger partial charge on any atom is -0.480 e. The van der Waals surface area contributed by atoms with Gasteiger partial charge in [0.15, 0.2) is 5.82 Å². The summed E-state index contributed by atoms with van der Waals surface area (Å²) in [4.78, 5) is 10.8. The second-order valence-corrected chi connectivity index (χ2v) is 4.88. The molecule has 2 atom stereocenters. The van der Waals surface area contributed by atoms with Crippen molar-refractivity contribution in [1.29, 1.82) is 0 Å². The van der Waals surface area contributed by atoms with Crippen LogP contribution in [0, 0.1) is 5.92 Å². The molecule has 0 amide bonds. The Bertz CT molecular complexity index is 385. The van der Waals surface area contributed by atoms with Crippen molar-refractivity contribution in [2.24, 2.45) is 11.7 Å². The third-order valence-electron chi connectivity index (χ3n) is 3.84. The highest BCUT2D eigenvalue weighted by atomic mass is 16.5. The molecule has 1 saturated carbocycles. The van der Waals surface area contributed by atoms with Gasteiger partial charge in [-0.25, -0.2) is 0 Å². The Balaban J connectivity index is 2.15. The van der Waals surface area contributed by atoms with E-state index in [1.54, 1.807) is 19.5 Å². The summed E-state index contributed by atoms with van der Waals surface area (Å²) >= 11 is 0. The maximum Gasteiger partial charge on any atom is 0.233 e. The van der Waals surface area contributed by atoms with Gasteiger partial charge in [0.05, 0.1) is 19.5 Å². The third kappa shape index (κ3) is 2.72. The minimum absolute atomic E-state index is 0.463. The smallest absolute Gasteiger partial charge is 0.233 e. The van der Waals surface area contributed by atoms with Crippen molar-refractivity contribution in [1.82, 2.24) is 9.97 Å². The van der Waals surface area contributed by atoms with E-state index in [9.17, 15) is 0 Å². The summed E-state index contributed by atoms with van der Waals surface area (Å²) in [7, 11) is 3.68. The van der Waals surface area contributed by atoms with Crippen LogP contribution in [0.2, 0.25) is 0 Å². The standard InChI is InChI=1S/C13H22N4O/c1-17(11-6-4-3-5-10(11)7-14)12-8-15-9-13(16-12)18-2/h8-11H,3-7,14H2,1-2H3. The molecule has 0 aliphatic heterocycles. The van der Waals surface area contributed by atoms with E-state index in [-0.39, 0.29) is 0 Å². The molecule has 1 aromatic heterocycles. The summed E-state index contributed by atoms with van der Waals surface area (Å²) in [5.41, 5.74) is 5.88. The lowest BCUT2D eigenvalue weighted by Crippen LogP contribution is -2.43. The minimum atomic E-state index is 0.463. The average Bonchev–Trinajstić information content (AvgIpc) is 2.46. The molecule has 100 valence electrons. The predicted molar refractivity (Wildman–Crippen MR) is 71.8 cm³/mol. The fourth-order valence-corrected chi connectivity index (χ4v) is 2.75. The summed E-state index contributed by atoms with van der Waals surface area (Å²) in [6, 6.07) is 0.463. The van der Waals surface area contributed by atoms with Crippen molar-refractivity contribution in [3.8, 4) is 5.88 Å². The predicted octanol–water partition coefficient (Wildman–Crippen LogP) is 1.44. The number of nitrogens with two attached hydrogens (primary N) is 1. The van der Waals surface area contributed by atoms with Crippen LogP contribution < -0.4 is 15.4 Å². The molecule has 0 bridgehead atoms. The molecule has 0 radical (unpaired) electrons. The lowest BCUT2D eigenvalue weighted by Gasteiger charge is -2.38. The van der Waals surface area contributed by atoms with Crippen LogP contribution in [-0.4, -0.2) is 36.7 Å². The van der Waals surface area contributed by atoms with E-state index in [1.165, 1.54) is 25.7 Å². The topological polar surface area (TPSA) is 64.3 Å². The highest BCUT2D eigenvalue weighted by molar-refractivity contribution is 5.38. The van der Waals surface area contributed by atoms with Gasteiger partial charge in [-0.05, 0) is 25.3 Å². The molecule has 1 aliphatic carbocycles. The first-order chi connectivity index (χ1) is 8.76. The van der Waals surface area contributed by atoms with E-state index < -0.39 is 0 Å². The fraction of sp³-hybridized carbons (Fsp3) is 0.692. The first-order valence-corrected chi connectivity index (χ1v) is 6.55. The Morgan fingerprint density at radius 2 is 2.17 bits per heavy atom. The van der Waals surface area contributed by atoms with Crippen LogP contribution in [0.25, 0.3) is 0 Å². The van der Waals surface area contributed by atoms with Gasteiger partial charge in [-0.1, -0.05) is 12.8 Å². The van der Waals surface area contributed by atoms with Crippen LogP contribution in [0.5, 0.6) is 5.88 Å². The van der Waals surface area contributed by atoms with E-state index in [4.69, 9.17) is 10.5 Å². The van der Waals surface area contributed by atoms with Crippen LogP contribution in [0.1, 0.15) is 25.7 Å². The largest absolute Gasteiger partial charge is 0.480 e. The molecule has 1 heterocycles. The van der Waals surface area contributed by atoms with Gasteiger partial charge in [-0.15, -0.1) is 0 Å². The first-order valence-electron chi connectivity index (χ1n) is 6.55. The SMILES string of the molecule is COc1cncc(N(C)C2CCCCC2CN)n1. The number of rotatable bonds is 4. The zero-order valence-electron chi connectivity index (χ0n) is 11.2. The lowest BCUT2D eigenvalue weighted by atomic mass is 9.84. The van der Waals surface area contributed by atoms with E-state index in [2.05, 4.69) is 21.9 Å². The van der Waals surface area contributed by atoms with Crippen LogP contribution >= 0.6 is 0 Å². The summed E-state index contributed by atoms with van der Waals surface area (Å²) in [5, 5.41) is 0. The molecular formula is C13H22N4O. The molecule has 5 heteroatoms. The van der Waals surface area contributed by atoms with E-state index in [1.807, 2.05) is 0 Å². The third-order valence-corrected chi connectivity index (χ3v) is 3.84. The summed E-state index contributed by atoms with van der Waals surface area (Å²) < 4.78 is 5.12. The molecule has 18 heavy (non-hydrogen) atoms. The number of hydrogen-bond donors (Lipinski definition) is 1. The van der Waals surface area contributed by atoms with E-state index in [0.29, 0.717) is 17.8 Å². The molecule has 1 aliphatic rings. The van der Waals surface area contributed by atoms with Crippen molar-refractivity contribution < 1.29 is 4.74 Å². The second kappa shape index (κ2) is 6.00. The number of nitrogens with zero attached hydrogens (tertiary/aromatic N) is 3. The molecule has 0 saturated heterocycles. The number of ether oxygens (including phenoxy) is 1. The van der Waals surface area contributed by atoms with Gasteiger partial charge in [0, 0.05) is 13.1 Å². The molecule has 1 aromatic rings. The second-order valence-electron chi connectivity index (χ2n) is 4.88. The van der Waals surface area contributed by atoms with E-state index >= 15 is 0 Å². The number of aromatic nitrogens is 2. The molecule has 5 nitrogen and oxygen atoms in total. The van der Waals surface area contributed by atoms with Crippen molar-refractivity contribution >= 4 is 5.82 Å². The normalized spacial score (nSPS) is 23.7. The van der Waals surface area contributed by atoms with Crippen molar-refractivity contribution in [3.05, 3.63) is 12.4 Å². The van der Waals surface area contributed by atoms with Crippen molar-refractivity contribution in [2.45, 2.75) is 31.7 Å². The Kier molecular flexibility index (Phi) is 4.36. The zero-order valence-corrected chi connectivity index (χ0v) is 11.2. The Morgan fingerprint density at radius 3 is 2.89 bits per heavy atom. The van der Waals surface area contributed by atoms with Crippen LogP contribution in [0.3, 0.4) is 0 Å². The monoisotopic (exact) mass is 250 g/mol. The molecule has 0 aromatic carbocycles. The number of anilines is 1. The number of hydrogen-bond acceptors (Lipinski definition) is 5.